The number of aryl methyl sites for hydroxylation is 1. The largest absolute Gasteiger partial charge is 0.376 e. The smallest absolute Gasteiger partial charge is 0.227 e. The van der Waals surface area contributed by atoms with E-state index in [0.717, 1.165) is 82.4 Å². The Bertz CT molecular complexity index is 752. The Hall–Kier alpha value is -1.89. The number of piperidine rings is 2. The van der Waals surface area contributed by atoms with Gasteiger partial charge < -0.3 is 19.4 Å². The predicted molar refractivity (Wildman–Crippen MR) is 115 cm³/mol. The summed E-state index contributed by atoms with van der Waals surface area (Å²) in [5.41, 5.74) is 2.47. The number of carbonyl (C=O) groups is 1. The normalized spacial score (nSPS) is 24.4. The number of aromatic nitrogens is 2. The van der Waals surface area contributed by atoms with Crippen molar-refractivity contribution >= 4 is 17.7 Å². The van der Waals surface area contributed by atoms with Gasteiger partial charge in [0, 0.05) is 64.6 Å². The molecular weight excluding hydrogens is 366 g/mol. The van der Waals surface area contributed by atoms with E-state index in [0.29, 0.717) is 12.3 Å². The third-order valence-electron chi connectivity index (χ3n) is 7.07. The highest BCUT2D eigenvalue weighted by Crippen LogP contribution is 2.41. The molecule has 0 aromatic carbocycles. The highest BCUT2D eigenvalue weighted by molar-refractivity contribution is 5.77. The predicted octanol–water partition coefficient (Wildman–Crippen LogP) is 2.55. The zero-order chi connectivity index (χ0) is 20.6. The van der Waals surface area contributed by atoms with E-state index in [4.69, 9.17) is 9.72 Å². The molecule has 3 saturated heterocycles. The Morgan fingerprint density at radius 1 is 1.17 bits per heavy atom. The molecule has 1 amide bonds. The van der Waals surface area contributed by atoms with Crippen LogP contribution in [0.3, 0.4) is 0 Å². The zero-order valence-corrected chi connectivity index (χ0v) is 18.4. The van der Waals surface area contributed by atoms with Crippen LogP contribution in [0.5, 0.6) is 0 Å². The minimum atomic E-state index is 0.241. The second-order valence-corrected chi connectivity index (χ2v) is 9.35. The molecule has 0 saturated carbocycles. The standard InChI is InChI=1S/C22H35N5O2/c1-16-17(2)23-21(25(3)4)24-20(16)26-11-9-22(10-12-26)8-7-19(28)27(15-22)14-18-6-5-13-29-18/h18H,5-15H2,1-4H3/t18-/m0/s1. The average Bonchev–Trinajstić information content (AvgIpc) is 3.21. The number of amides is 1. The van der Waals surface area contributed by atoms with Gasteiger partial charge in [0.15, 0.2) is 0 Å². The monoisotopic (exact) mass is 401 g/mol. The van der Waals surface area contributed by atoms with Gasteiger partial charge in [-0.3, -0.25) is 4.79 Å². The Morgan fingerprint density at radius 3 is 2.59 bits per heavy atom. The summed E-state index contributed by atoms with van der Waals surface area (Å²) < 4.78 is 5.79. The van der Waals surface area contributed by atoms with Crippen molar-refractivity contribution in [2.24, 2.45) is 5.41 Å². The number of ether oxygens (including phenoxy) is 1. The van der Waals surface area contributed by atoms with Crippen LogP contribution in [0.15, 0.2) is 0 Å². The number of rotatable bonds is 4. The van der Waals surface area contributed by atoms with Crippen LogP contribution in [0.2, 0.25) is 0 Å². The molecule has 7 heteroatoms. The maximum absolute atomic E-state index is 12.5. The first-order chi connectivity index (χ1) is 13.9. The third kappa shape index (κ3) is 4.20. The van der Waals surface area contributed by atoms with Gasteiger partial charge >= 0.3 is 0 Å². The second kappa shape index (κ2) is 8.09. The molecule has 0 bridgehead atoms. The van der Waals surface area contributed by atoms with Gasteiger partial charge in [-0.2, -0.15) is 4.98 Å². The number of hydrogen-bond donors (Lipinski definition) is 0. The first-order valence-electron chi connectivity index (χ1n) is 11.0. The van der Waals surface area contributed by atoms with Crippen molar-refractivity contribution in [1.82, 2.24) is 14.9 Å². The molecule has 160 valence electrons. The lowest BCUT2D eigenvalue weighted by molar-refractivity contribution is -0.140. The molecule has 4 rings (SSSR count). The molecule has 0 unspecified atom stereocenters. The Balaban J connectivity index is 1.44. The van der Waals surface area contributed by atoms with E-state index in [9.17, 15) is 4.79 Å². The van der Waals surface area contributed by atoms with Crippen LogP contribution in [0.25, 0.3) is 0 Å². The summed E-state index contributed by atoms with van der Waals surface area (Å²) in [5, 5.41) is 0. The van der Waals surface area contributed by atoms with Gasteiger partial charge in [0.1, 0.15) is 5.82 Å². The van der Waals surface area contributed by atoms with E-state index in [1.54, 1.807) is 0 Å². The number of likely N-dealkylation sites (tertiary alicyclic amines) is 1. The number of anilines is 2. The molecule has 1 aromatic heterocycles. The van der Waals surface area contributed by atoms with Gasteiger partial charge in [-0.05, 0) is 51.4 Å². The van der Waals surface area contributed by atoms with E-state index in [1.165, 1.54) is 5.56 Å². The fourth-order valence-electron chi connectivity index (χ4n) is 5.01. The van der Waals surface area contributed by atoms with Crippen molar-refractivity contribution in [3.8, 4) is 0 Å². The van der Waals surface area contributed by atoms with E-state index < -0.39 is 0 Å². The molecule has 0 aliphatic carbocycles. The molecule has 1 atom stereocenters. The lowest BCUT2D eigenvalue weighted by Gasteiger charge is -2.48. The van der Waals surface area contributed by atoms with Crippen LogP contribution >= 0.6 is 0 Å². The summed E-state index contributed by atoms with van der Waals surface area (Å²) in [4.78, 5) is 28.5. The van der Waals surface area contributed by atoms with Crippen molar-refractivity contribution in [2.45, 2.75) is 58.5 Å². The Labute approximate surface area is 174 Å². The molecule has 0 radical (unpaired) electrons. The van der Waals surface area contributed by atoms with Gasteiger partial charge in [-0.25, -0.2) is 4.98 Å². The van der Waals surface area contributed by atoms with Crippen molar-refractivity contribution in [2.75, 3.05) is 56.7 Å². The molecule has 7 nitrogen and oxygen atoms in total. The first-order valence-corrected chi connectivity index (χ1v) is 11.0. The van der Waals surface area contributed by atoms with Crippen LogP contribution < -0.4 is 9.80 Å². The molecule has 4 heterocycles. The van der Waals surface area contributed by atoms with Crippen LogP contribution in [-0.4, -0.2) is 73.8 Å². The molecule has 3 aliphatic heterocycles. The third-order valence-corrected chi connectivity index (χ3v) is 7.07. The highest BCUT2D eigenvalue weighted by atomic mass is 16.5. The summed E-state index contributed by atoms with van der Waals surface area (Å²) in [6.45, 7) is 8.69. The lowest BCUT2D eigenvalue weighted by Crippen LogP contribution is -2.53. The van der Waals surface area contributed by atoms with Crippen molar-refractivity contribution < 1.29 is 9.53 Å². The minimum absolute atomic E-state index is 0.241. The van der Waals surface area contributed by atoms with Crippen molar-refractivity contribution in [3.05, 3.63) is 11.3 Å². The fourth-order valence-corrected chi connectivity index (χ4v) is 5.01. The molecule has 3 aliphatic rings. The fraction of sp³-hybridized carbons (Fsp3) is 0.773. The summed E-state index contributed by atoms with van der Waals surface area (Å²) in [5.74, 6) is 2.15. The number of carbonyl (C=O) groups excluding carboxylic acids is 1. The summed E-state index contributed by atoms with van der Waals surface area (Å²) in [7, 11) is 3.97. The lowest BCUT2D eigenvalue weighted by atomic mass is 9.72. The van der Waals surface area contributed by atoms with Gasteiger partial charge in [-0.15, -0.1) is 0 Å². The van der Waals surface area contributed by atoms with Gasteiger partial charge in [0.2, 0.25) is 11.9 Å². The van der Waals surface area contributed by atoms with Crippen LogP contribution in [0, 0.1) is 19.3 Å². The number of nitrogens with zero attached hydrogens (tertiary/aromatic N) is 5. The molecule has 1 spiro atoms. The van der Waals surface area contributed by atoms with E-state index in [1.807, 2.05) is 19.0 Å². The summed E-state index contributed by atoms with van der Waals surface area (Å²) in [6, 6.07) is 0. The Morgan fingerprint density at radius 2 is 1.93 bits per heavy atom. The van der Waals surface area contributed by atoms with Gasteiger partial charge in [0.05, 0.1) is 6.10 Å². The van der Waals surface area contributed by atoms with Crippen LogP contribution in [0.4, 0.5) is 11.8 Å². The first kappa shape index (κ1) is 20.4. The van der Waals surface area contributed by atoms with E-state index in [-0.39, 0.29) is 11.5 Å². The maximum atomic E-state index is 12.5. The van der Waals surface area contributed by atoms with Crippen LogP contribution in [-0.2, 0) is 9.53 Å². The SMILES string of the molecule is Cc1nc(N(C)C)nc(N2CCC3(CCC(=O)N(C[C@@H]4CCCO4)C3)CC2)c1C. The van der Waals surface area contributed by atoms with E-state index in [2.05, 4.69) is 28.6 Å². The average molecular weight is 402 g/mol. The number of hydrogen-bond acceptors (Lipinski definition) is 6. The minimum Gasteiger partial charge on any atom is -0.376 e. The maximum Gasteiger partial charge on any atom is 0.227 e. The molecule has 0 N–H and O–H groups in total. The van der Waals surface area contributed by atoms with Crippen molar-refractivity contribution in [1.29, 1.82) is 0 Å². The van der Waals surface area contributed by atoms with Gasteiger partial charge in [-0.1, -0.05) is 0 Å². The highest BCUT2D eigenvalue weighted by Gasteiger charge is 2.42. The zero-order valence-electron chi connectivity index (χ0n) is 18.4. The summed E-state index contributed by atoms with van der Waals surface area (Å²) in [6.07, 6.45) is 6.38. The molecule has 1 aromatic rings. The molecule has 29 heavy (non-hydrogen) atoms. The Kier molecular flexibility index (Phi) is 5.69. The topological polar surface area (TPSA) is 61.8 Å². The van der Waals surface area contributed by atoms with E-state index >= 15 is 0 Å². The molecular formula is C22H35N5O2. The van der Waals surface area contributed by atoms with Crippen molar-refractivity contribution in [3.63, 3.8) is 0 Å². The summed E-state index contributed by atoms with van der Waals surface area (Å²) >= 11 is 0. The van der Waals surface area contributed by atoms with Crippen LogP contribution in [0.1, 0.15) is 49.8 Å². The molecule has 3 fully saturated rings. The quantitative estimate of drug-likeness (QED) is 0.773. The second-order valence-electron chi connectivity index (χ2n) is 9.35. The van der Waals surface area contributed by atoms with Gasteiger partial charge in [0.25, 0.3) is 0 Å².